The maximum absolute atomic E-state index is 13.4. The molecular formula is C23H23ClN2O4S. The molecule has 6 nitrogen and oxygen atoms in total. The Bertz CT molecular complexity index is 1180. The zero-order valence-electron chi connectivity index (χ0n) is 17.4. The molecule has 0 aliphatic rings. The normalized spacial score (nSPS) is 11.1. The lowest BCUT2D eigenvalue weighted by molar-refractivity contribution is -0.114. The third-order valence-electron chi connectivity index (χ3n) is 4.84. The van der Waals surface area contributed by atoms with Crippen LogP contribution in [0.3, 0.4) is 0 Å². The Kier molecular flexibility index (Phi) is 6.87. The van der Waals surface area contributed by atoms with Crippen molar-refractivity contribution >= 4 is 38.9 Å². The summed E-state index contributed by atoms with van der Waals surface area (Å²) in [6, 6.07) is 17.8. The number of nitrogens with zero attached hydrogens (tertiary/aromatic N) is 1. The Morgan fingerprint density at radius 3 is 2.19 bits per heavy atom. The number of methoxy groups -OCH3 is 1. The Morgan fingerprint density at radius 2 is 1.61 bits per heavy atom. The maximum Gasteiger partial charge on any atom is 0.264 e. The summed E-state index contributed by atoms with van der Waals surface area (Å²) in [5.41, 5.74) is 3.06. The van der Waals surface area contributed by atoms with Crippen LogP contribution in [-0.4, -0.2) is 28.0 Å². The summed E-state index contributed by atoms with van der Waals surface area (Å²) in [6.07, 6.45) is 0. The van der Waals surface area contributed by atoms with E-state index >= 15 is 0 Å². The number of aryl methyl sites for hydroxylation is 2. The van der Waals surface area contributed by atoms with Crippen LogP contribution in [0.5, 0.6) is 5.75 Å². The van der Waals surface area contributed by atoms with Crippen molar-refractivity contribution in [1.29, 1.82) is 0 Å². The highest BCUT2D eigenvalue weighted by Gasteiger charge is 2.27. The molecule has 0 radical (unpaired) electrons. The third kappa shape index (κ3) is 5.37. The minimum atomic E-state index is -4.02. The van der Waals surface area contributed by atoms with Gasteiger partial charge in [-0.1, -0.05) is 17.7 Å². The van der Waals surface area contributed by atoms with Gasteiger partial charge in [-0.05, 0) is 85.6 Å². The highest BCUT2D eigenvalue weighted by molar-refractivity contribution is 7.92. The first kappa shape index (κ1) is 22.7. The molecule has 31 heavy (non-hydrogen) atoms. The number of ether oxygens (including phenoxy) is 1. The second-order valence-corrected chi connectivity index (χ2v) is 9.31. The van der Waals surface area contributed by atoms with Crippen molar-refractivity contribution in [2.24, 2.45) is 0 Å². The van der Waals surface area contributed by atoms with Gasteiger partial charge in [-0.15, -0.1) is 0 Å². The standard InChI is InChI=1S/C23H23ClN2O4S/c1-16-4-7-19(14-17(16)2)25-23(27)15-26(20-8-5-18(24)6-9-20)31(28,29)22-12-10-21(30-3)11-13-22/h4-14H,15H2,1-3H3,(H,25,27). The topological polar surface area (TPSA) is 75.7 Å². The molecule has 0 bridgehead atoms. The number of hydrogen-bond donors (Lipinski definition) is 1. The van der Waals surface area contributed by atoms with Crippen molar-refractivity contribution < 1.29 is 17.9 Å². The minimum absolute atomic E-state index is 0.0437. The van der Waals surface area contributed by atoms with E-state index in [1.165, 1.54) is 19.2 Å². The molecule has 3 aromatic rings. The highest BCUT2D eigenvalue weighted by Crippen LogP contribution is 2.26. The van der Waals surface area contributed by atoms with Gasteiger partial charge in [0.2, 0.25) is 5.91 Å². The first-order valence-corrected chi connectivity index (χ1v) is 11.3. The summed E-state index contributed by atoms with van der Waals surface area (Å²) in [7, 11) is -2.52. The monoisotopic (exact) mass is 458 g/mol. The molecule has 162 valence electrons. The summed E-state index contributed by atoms with van der Waals surface area (Å²) in [5, 5.41) is 3.24. The Morgan fingerprint density at radius 1 is 0.968 bits per heavy atom. The van der Waals surface area contributed by atoms with Crippen molar-refractivity contribution in [2.45, 2.75) is 18.7 Å². The van der Waals surface area contributed by atoms with E-state index in [9.17, 15) is 13.2 Å². The van der Waals surface area contributed by atoms with Crippen LogP contribution >= 0.6 is 11.6 Å². The van der Waals surface area contributed by atoms with E-state index in [1.807, 2.05) is 26.0 Å². The second-order valence-electron chi connectivity index (χ2n) is 7.01. The van der Waals surface area contributed by atoms with Crippen molar-refractivity contribution in [2.75, 3.05) is 23.3 Å². The fourth-order valence-corrected chi connectivity index (χ4v) is 4.49. The number of benzene rings is 3. The summed E-state index contributed by atoms with van der Waals surface area (Å²) in [6.45, 7) is 3.52. The molecule has 0 spiro atoms. The van der Waals surface area contributed by atoms with Crippen LogP contribution in [0, 0.1) is 13.8 Å². The lowest BCUT2D eigenvalue weighted by Gasteiger charge is -2.24. The number of carbonyl (C=O) groups is 1. The lowest BCUT2D eigenvalue weighted by atomic mass is 10.1. The van der Waals surface area contributed by atoms with Crippen LogP contribution < -0.4 is 14.4 Å². The molecule has 0 saturated heterocycles. The summed E-state index contributed by atoms with van der Waals surface area (Å²) < 4.78 is 32.9. The van der Waals surface area contributed by atoms with Gasteiger partial charge in [0.1, 0.15) is 12.3 Å². The van der Waals surface area contributed by atoms with Crippen molar-refractivity contribution in [1.82, 2.24) is 0 Å². The summed E-state index contributed by atoms with van der Waals surface area (Å²) in [4.78, 5) is 12.8. The predicted molar refractivity (Wildman–Crippen MR) is 124 cm³/mol. The molecule has 3 rings (SSSR count). The number of sulfonamides is 1. The first-order chi connectivity index (χ1) is 14.7. The Balaban J connectivity index is 1.92. The number of hydrogen-bond acceptors (Lipinski definition) is 4. The van der Waals surface area contributed by atoms with Gasteiger partial charge in [0.25, 0.3) is 10.0 Å². The number of nitrogens with one attached hydrogen (secondary N) is 1. The molecule has 1 N–H and O–H groups in total. The van der Waals surface area contributed by atoms with E-state index < -0.39 is 22.5 Å². The fraction of sp³-hybridized carbons (Fsp3) is 0.174. The number of halogens is 1. The van der Waals surface area contributed by atoms with Gasteiger partial charge in [0, 0.05) is 10.7 Å². The van der Waals surface area contributed by atoms with Gasteiger partial charge in [-0.25, -0.2) is 8.42 Å². The maximum atomic E-state index is 13.4. The van der Waals surface area contributed by atoms with E-state index in [1.54, 1.807) is 42.5 Å². The second kappa shape index (κ2) is 9.41. The molecular weight excluding hydrogens is 436 g/mol. The lowest BCUT2D eigenvalue weighted by Crippen LogP contribution is -2.38. The number of amides is 1. The molecule has 1 amide bonds. The highest BCUT2D eigenvalue weighted by atomic mass is 35.5. The van der Waals surface area contributed by atoms with Crippen molar-refractivity contribution in [3.8, 4) is 5.75 Å². The van der Waals surface area contributed by atoms with Gasteiger partial charge < -0.3 is 10.1 Å². The van der Waals surface area contributed by atoms with Gasteiger partial charge in [0.05, 0.1) is 17.7 Å². The molecule has 0 heterocycles. The Labute approximate surface area is 187 Å². The van der Waals surface area contributed by atoms with E-state index in [-0.39, 0.29) is 4.90 Å². The third-order valence-corrected chi connectivity index (χ3v) is 6.88. The number of carbonyl (C=O) groups excluding carboxylic acids is 1. The molecule has 0 aromatic heterocycles. The van der Waals surface area contributed by atoms with E-state index in [0.29, 0.717) is 22.1 Å². The number of anilines is 2. The fourth-order valence-electron chi connectivity index (χ4n) is 2.95. The van der Waals surface area contributed by atoms with Crippen LogP contribution in [0.25, 0.3) is 0 Å². The summed E-state index contributed by atoms with van der Waals surface area (Å²) >= 11 is 5.96. The molecule has 3 aromatic carbocycles. The molecule has 0 fully saturated rings. The van der Waals surface area contributed by atoms with Gasteiger partial charge in [0.15, 0.2) is 0 Å². The quantitative estimate of drug-likeness (QED) is 0.551. The zero-order valence-corrected chi connectivity index (χ0v) is 19.0. The summed E-state index contributed by atoms with van der Waals surface area (Å²) in [5.74, 6) is 0.0692. The van der Waals surface area contributed by atoms with Crippen LogP contribution in [0.15, 0.2) is 71.6 Å². The van der Waals surface area contributed by atoms with Crippen molar-refractivity contribution in [3.05, 3.63) is 82.9 Å². The number of rotatable bonds is 7. The predicted octanol–water partition coefficient (Wildman–Crippen LogP) is 4.80. The molecule has 0 atom stereocenters. The van der Waals surface area contributed by atoms with Crippen molar-refractivity contribution in [3.63, 3.8) is 0 Å². The van der Waals surface area contributed by atoms with Gasteiger partial charge in [-0.3, -0.25) is 9.10 Å². The van der Waals surface area contributed by atoms with Crippen LogP contribution in [0.4, 0.5) is 11.4 Å². The zero-order chi connectivity index (χ0) is 22.6. The average molecular weight is 459 g/mol. The Hall–Kier alpha value is -3.03. The smallest absolute Gasteiger partial charge is 0.264 e. The van der Waals surface area contributed by atoms with Gasteiger partial charge in [-0.2, -0.15) is 0 Å². The SMILES string of the molecule is COc1ccc(S(=O)(=O)N(CC(=O)Nc2ccc(C)c(C)c2)c2ccc(Cl)cc2)cc1. The molecule has 0 aliphatic carbocycles. The molecule has 0 unspecified atom stereocenters. The molecule has 0 aliphatic heterocycles. The molecule has 0 saturated carbocycles. The van der Waals surface area contributed by atoms with Crippen LogP contribution in [-0.2, 0) is 14.8 Å². The largest absolute Gasteiger partial charge is 0.497 e. The minimum Gasteiger partial charge on any atom is -0.497 e. The van der Waals surface area contributed by atoms with E-state index in [2.05, 4.69) is 5.32 Å². The van der Waals surface area contributed by atoms with Crippen LogP contribution in [0.2, 0.25) is 5.02 Å². The van der Waals surface area contributed by atoms with E-state index in [4.69, 9.17) is 16.3 Å². The van der Waals surface area contributed by atoms with Crippen LogP contribution in [0.1, 0.15) is 11.1 Å². The molecule has 8 heteroatoms. The average Bonchev–Trinajstić information content (AvgIpc) is 2.75. The van der Waals surface area contributed by atoms with E-state index in [0.717, 1.165) is 15.4 Å². The first-order valence-electron chi connectivity index (χ1n) is 9.50. The van der Waals surface area contributed by atoms with Gasteiger partial charge >= 0.3 is 0 Å².